The number of benzene rings is 1. The number of likely N-dealkylation sites (tertiary alicyclic amines) is 1. The molecule has 0 spiro atoms. The van der Waals surface area contributed by atoms with Crippen LogP contribution < -0.4 is 10.3 Å². The first-order chi connectivity index (χ1) is 15.0. The van der Waals surface area contributed by atoms with E-state index in [2.05, 4.69) is 21.9 Å². The summed E-state index contributed by atoms with van der Waals surface area (Å²) in [5, 5.41) is 9.75. The van der Waals surface area contributed by atoms with Gasteiger partial charge in [0.25, 0.3) is 5.56 Å². The number of aromatic carboxylic acids is 1. The molecule has 164 valence electrons. The van der Waals surface area contributed by atoms with Crippen molar-refractivity contribution in [2.45, 2.75) is 37.6 Å². The van der Waals surface area contributed by atoms with Crippen LogP contribution >= 0.6 is 0 Å². The lowest BCUT2D eigenvalue weighted by molar-refractivity contribution is 0.0691. The Morgan fingerprint density at radius 2 is 2.10 bits per heavy atom. The Morgan fingerprint density at radius 3 is 2.81 bits per heavy atom. The Balaban J connectivity index is 1.64. The smallest absolute Gasteiger partial charge is 0.339 e. The summed E-state index contributed by atoms with van der Waals surface area (Å²) in [7, 11) is 2.06. The van der Waals surface area contributed by atoms with Gasteiger partial charge in [-0.05, 0) is 45.3 Å². The molecule has 0 radical (unpaired) electrons. The molecule has 0 unspecified atom stereocenters. The lowest BCUT2D eigenvalue weighted by atomic mass is 9.99. The third-order valence-corrected chi connectivity index (χ3v) is 6.53. The molecule has 1 atom stereocenters. The highest BCUT2D eigenvalue weighted by molar-refractivity contribution is 5.96. The first-order valence-electron chi connectivity index (χ1n) is 10.7. The summed E-state index contributed by atoms with van der Waals surface area (Å²) in [6.07, 6.45) is 5.39. The fourth-order valence-electron chi connectivity index (χ4n) is 4.73. The Bertz CT molecular complexity index is 1190. The maximum Gasteiger partial charge on any atom is 0.339 e. The number of carboxylic acid groups (broad SMARTS) is 1. The van der Waals surface area contributed by atoms with Crippen molar-refractivity contribution in [3.63, 3.8) is 0 Å². The highest BCUT2D eigenvalue weighted by atomic mass is 16.5. The molecule has 5 rings (SSSR count). The summed E-state index contributed by atoms with van der Waals surface area (Å²) in [6, 6.07) is 3.47. The number of likely N-dealkylation sites (N-methyl/N-ethyl adjacent to an activating group) is 1. The van der Waals surface area contributed by atoms with Crippen molar-refractivity contribution >= 4 is 22.5 Å². The lowest BCUT2D eigenvalue weighted by Crippen LogP contribution is -2.30. The van der Waals surface area contributed by atoms with E-state index in [-0.39, 0.29) is 23.1 Å². The van der Waals surface area contributed by atoms with E-state index < -0.39 is 5.97 Å². The molecular formula is C22H26N4O5. The minimum Gasteiger partial charge on any atom is -0.491 e. The zero-order valence-electron chi connectivity index (χ0n) is 17.5. The van der Waals surface area contributed by atoms with Gasteiger partial charge >= 0.3 is 5.97 Å². The molecular weight excluding hydrogens is 400 g/mol. The van der Waals surface area contributed by atoms with Gasteiger partial charge in [0.2, 0.25) is 0 Å². The van der Waals surface area contributed by atoms with E-state index in [1.54, 1.807) is 12.3 Å². The van der Waals surface area contributed by atoms with E-state index >= 15 is 0 Å². The van der Waals surface area contributed by atoms with E-state index in [1.165, 1.54) is 6.07 Å². The predicted molar refractivity (Wildman–Crippen MR) is 114 cm³/mol. The molecule has 0 bridgehead atoms. The second-order valence-corrected chi connectivity index (χ2v) is 8.44. The van der Waals surface area contributed by atoms with Gasteiger partial charge in [-0.1, -0.05) is 0 Å². The molecule has 0 aliphatic carbocycles. The Kier molecular flexibility index (Phi) is 5.15. The molecule has 2 fully saturated rings. The van der Waals surface area contributed by atoms with Crippen LogP contribution in [0.15, 0.2) is 23.1 Å². The van der Waals surface area contributed by atoms with Gasteiger partial charge in [0.05, 0.1) is 17.2 Å². The predicted octanol–water partition coefficient (Wildman–Crippen LogP) is 2.24. The number of H-pyrrole nitrogens is 1. The third kappa shape index (κ3) is 3.57. The fraction of sp³-hybridized carbons (Fsp3) is 0.500. The first-order valence-corrected chi connectivity index (χ1v) is 10.7. The minimum atomic E-state index is -1.09. The van der Waals surface area contributed by atoms with Crippen molar-refractivity contribution in [2.75, 3.05) is 33.4 Å². The molecule has 0 amide bonds. The minimum absolute atomic E-state index is 0.0379. The summed E-state index contributed by atoms with van der Waals surface area (Å²) in [5.74, 6) is 0.198. The number of ether oxygens (including phenoxy) is 2. The molecule has 3 aromatic rings. The van der Waals surface area contributed by atoms with Gasteiger partial charge < -0.3 is 24.5 Å². The average molecular weight is 426 g/mol. The number of aromatic nitrogens is 3. The number of carboxylic acids is 1. The highest BCUT2D eigenvalue weighted by Crippen LogP contribution is 2.31. The van der Waals surface area contributed by atoms with Gasteiger partial charge in [0.1, 0.15) is 29.3 Å². The van der Waals surface area contributed by atoms with Crippen LogP contribution in [0.5, 0.6) is 5.75 Å². The number of nitrogens with zero attached hydrogens (tertiary/aromatic N) is 3. The summed E-state index contributed by atoms with van der Waals surface area (Å²) >= 11 is 0. The number of hydrogen-bond acceptors (Lipinski definition) is 6. The van der Waals surface area contributed by atoms with Crippen molar-refractivity contribution in [3.8, 4) is 5.75 Å². The summed E-state index contributed by atoms with van der Waals surface area (Å²) in [6.45, 7) is 2.76. The van der Waals surface area contributed by atoms with E-state index in [9.17, 15) is 14.7 Å². The average Bonchev–Trinajstić information content (AvgIpc) is 3.39. The SMILES string of the molecule is CN1CCC[C@H]1COc1cc2c(cc1C(=O)O)[nH]c(=O)c1cnc(C3CCOCC3)n12. The number of aromatic amines is 1. The quantitative estimate of drug-likeness (QED) is 0.644. The van der Waals surface area contributed by atoms with Crippen LogP contribution in [0.1, 0.15) is 47.8 Å². The Hall–Kier alpha value is -2.91. The number of imidazole rings is 1. The normalized spacial score (nSPS) is 20.6. The van der Waals surface area contributed by atoms with Crippen molar-refractivity contribution in [1.82, 2.24) is 19.3 Å². The lowest BCUT2D eigenvalue weighted by Gasteiger charge is -2.22. The fourth-order valence-corrected chi connectivity index (χ4v) is 4.73. The van der Waals surface area contributed by atoms with E-state index in [1.807, 2.05) is 4.40 Å². The Labute approximate surface area is 178 Å². The Morgan fingerprint density at radius 1 is 1.29 bits per heavy atom. The number of carbonyl (C=O) groups is 1. The van der Waals surface area contributed by atoms with E-state index in [0.717, 1.165) is 38.1 Å². The monoisotopic (exact) mass is 426 g/mol. The van der Waals surface area contributed by atoms with Gasteiger partial charge in [-0.15, -0.1) is 0 Å². The maximum absolute atomic E-state index is 12.7. The van der Waals surface area contributed by atoms with Gasteiger partial charge in [-0.2, -0.15) is 0 Å². The van der Waals surface area contributed by atoms with E-state index in [0.29, 0.717) is 42.1 Å². The van der Waals surface area contributed by atoms with Crippen LogP contribution in [0, 0.1) is 0 Å². The molecule has 1 aromatic carbocycles. The second-order valence-electron chi connectivity index (χ2n) is 8.44. The topological polar surface area (TPSA) is 109 Å². The molecule has 0 saturated carbocycles. The summed E-state index contributed by atoms with van der Waals surface area (Å²) in [4.78, 5) is 34.2. The van der Waals surface area contributed by atoms with Gasteiger partial charge in [-0.25, -0.2) is 9.78 Å². The molecule has 2 saturated heterocycles. The standard InChI is InChI=1S/C22H26N4O5/c1-25-6-2-3-14(25)12-31-19-10-17-16(9-15(19)22(28)29)24-21(27)18-11-23-20(26(17)18)13-4-7-30-8-5-13/h9-11,13-14H,2-8,12H2,1H3,(H,24,27)(H,28,29)/t14-/m0/s1. The molecule has 2 aliphatic heterocycles. The second kappa shape index (κ2) is 7.97. The van der Waals surface area contributed by atoms with Gasteiger partial charge in [0.15, 0.2) is 0 Å². The molecule has 2 N–H and O–H groups in total. The molecule has 4 heterocycles. The summed E-state index contributed by atoms with van der Waals surface area (Å²) < 4.78 is 13.4. The zero-order chi connectivity index (χ0) is 21.5. The number of hydrogen-bond donors (Lipinski definition) is 2. The molecule has 2 aromatic heterocycles. The van der Waals surface area contributed by atoms with Crippen LogP contribution in [0.4, 0.5) is 0 Å². The molecule has 9 nitrogen and oxygen atoms in total. The van der Waals surface area contributed by atoms with Crippen molar-refractivity contribution in [2.24, 2.45) is 0 Å². The van der Waals surface area contributed by atoms with Crippen molar-refractivity contribution in [3.05, 3.63) is 40.1 Å². The van der Waals surface area contributed by atoms with Gasteiger partial charge in [0, 0.05) is 31.2 Å². The third-order valence-electron chi connectivity index (χ3n) is 6.53. The molecule has 31 heavy (non-hydrogen) atoms. The summed E-state index contributed by atoms with van der Waals surface area (Å²) in [5.41, 5.74) is 1.32. The molecule has 2 aliphatic rings. The largest absolute Gasteiger partial charge is 0.491 e. The van der Waals surface area contributed by atoms with Crippen LogP contribution in [-0.2, 0) is 4.74 Å². The number of rotatable bonds is 5. The zero-order valence-corrected chi connectivity index (χ0v) is 17.5. The molecule has 9 heteroatoms. The number of fused-ring (bicyclic) bond motifs is 3. The van der Waals surface area contributed by atoms with Crippen molar-refractivity contribution in [1.29, 1.82) is 0 Å². The highest BCUT2D eigenvalue weighted by Gasteiger charge is 2.25. The maximum atomic E-state index is 12.7. The van der Waals surface area contributed by atoms with E-state index in [4.69, 9.17) is 9.47 Å². The number of nitrogens with one attached hydrogen (secondary N) is 1. The van der Waals surface area contributed by atoms with Crippen LogP contribution in [-0.4, -0.2) is 69.8 Å². The van der Waals surface area contributed by atoms with Crippen LogP contribution in [0.3, 0.4) is 0 Å². The van der Waals surface area contributed by atoms with Crippen LogP contribution in [0.25, 0.3) is 16.6 Å². The van der Waals surface area contributed by atoms with Gasteiger partial charge in [-0.3, -0.25) is 9.20 Å². The first kappa shape index (κ1) is 20.0. The van der Waals surface area contributed by atoms with Crippen molar-refractivity contribution < 1.29 is 19.4 Å². The van der Waals surface area contributed by atoms with Crippen LogP contribution in [0.2, 0.25) is 0 Å².